The minimum atomic E-state index is -2.26. The summed E-state index contributed by atoms with van der Waals surface area (Å²) < 4.78 is 2.78. The van der Waals surface area contributed by atoms with Crippen LogP contribution in [0.3, 0.4) is 0 Å². The van der Waals surface area contributed by atoms with E-state index in [1.165, 1.54) is 44.9 Å². The monoisotopic (exact) mass is 328 g/mol. The van der Waals surface area contributed by atoms with Crippen molar-refractivity contribution in [3.8, 4) is 0 Å². The summed E-state index contributed by atoms with van der Waals surface area (Å²) in [5, 5.41) is 0. The quantitative estimate of drug-likeness (QED) is 0.720. The third-order valence-corrected chi connectivity index (χ3v) is 5.15. The van der Waals surface area contributed by atoms with E-state index in [1.54, 1.807) is 0 Å². The summed E-state index contributed by atoms with van der Waals surface area (Å²) in [5.74, 6) is 0.247. The molecule has 1 fully saturated rings. The fraction of sp³-hybridized carbons (Fsp3) is 0.923. The van der Waals surface area contributed by atoms with Crippen molar-refractivity contribution in [2.24, 2.45) is 5.92 Å². The van der Waals surface area contributed by atoms with E-state index < -0.39 is 16.0 Å². The second-order valence-corrected chi connectivity index (χ2v) is 10.3. The SMILES string of the molecule is O=C([NH][Ti]([Cl])[Cl])C1CCCCCCCCCCC1. The van der Waals surface area contributed by atoms with Gasteiger partial charge in [-0.15, -0.1) is 0 Å². The molecule has 0 aromatic carbocycles. The third kappa shape index (κ3) is 8.04. The van der Waals surface area contributed by atoms with E-state index in [2.05, 4.69) is 3.80 Å². The first kappa shape index (κ1) is 16.8. The van der Waals surface area contributed by atoms with Gasteiger partial charge in [-0.1, -0.05) is 0 Å². The van der Waals surface area contributed by atoms with Crippen molar-refractivity contribution in [1.82, 2.24) is 3.80 Å². The molecule has 0 saturated heterocycles. The van der Waals surface area contributed by atoms with E-state index in [0.29, 0.717) is 0 Å². The topological polar surface area (TPSA) is 29.1 Å². The van der Waals surface area contributed by atoms with Gasteiger partial charge in [-0.25, -0.2) is 0 Å². The van der Waals surface area contributed by atoms with Crippen LogP contribution in [0.1, 0.15) is 70.6 Å². The van der Waals surface area contributed by atoms with Crippen LogP contribution in [0.2, 0.25) is 0 Å². The molecular weight excluding hydrogens is 305 g/mol. The molecule has 0 aromatic heterocycles. The van der Waals surface area contributed by atoms with Crippen molar-refractivity contribution in [3.05, 3.63) is 0 Å². The molecule has 1 aliphatic carbocycles. The molecule has 1 saturated carbocycles. The Labute approximate surface area is 125 Å². The summed E-state index contributed by atoms with van der Waals surface area (Å²) in [5.41, 5.74) is 0. The van der Waals surface area contributed by atoms with Gasteiger partial charge in [0.15, 0.2) is 0 Å². The molecule has 105 valence electrons. The Morgan fingerprint density at radius 1 is 0.833 bits per heavy atom. The zero-order valence-corrected chi connectivity index (χ0v) is 14.1. The number of hydrogen-bond acceptors (Lipinski definition) is 1. The van der Waals surface area contributed by atoms with Gasteiger partial charge in [0, 0.05) is 0 Å². The Morgan fingerprint density at radius 3 is 1.61 bits per heavy atom. The van der Waals surface area contributed by atoms with Crippen molar-refractivity contribution in [1.29, 1.82) is 0 Å². The number of rotatable bonds is 2. The van der Waals surface area contributed by atoms with Crippen molar-refractivity contribution in [3.63, 3.8) is 0 Å². The molecule has 1 amide bonds. The van der Waals surface area contributed by atoms with Crippen LogP contribution >= 0.6 is 18.6 Å². The van der Waals surface area contributed by atoms with Crippen molar-refractivity contribution < 1.29 is 20.8 Å². The van der Waals surface area contributed by atoms with Crippen LogP contribution < -0.4 is 3.80 Å². The van der Waals surface area contributed by atoms with Gasteiger partial charge < -0.3 is 0 Å². The first-order chi connectivity index (χ1) is 8.70. The van der Waals surface area contributed by atoms with E-state index in [-0.39, 0.29) is 11.8 Å². The van der Waals surface area contributed by atoms with Crippen LogP contribution in [-0.2, 0) is 20.8 Å². The first-order valence-corrected chi connectivity index (χ1v) is 12.3. The van der Waals surface area contributed by atoms with Gasteiger partial charge in [0.25, 0.3) is 0 Å². The molecule has 0 aliphatic heterocycles. The number of halogens is 2. The normalized spacial score (nSPS) is 20.6. The van der Waals surface area contributed by atoms with E-state index >= 15 is 0 Å². The molecule has 1 N–H and O–H groups in total. The predicted molar refractivity (Wildman–Crippen MR) is 74.1 cm³/mol. The second-order valence-electron chi connectivity index (χ2n) is 5.21. The summed E-state index contributed by atoms with van der Waals surface area (Å²) in [6, 6.07) is 0. The number of carbonyl (C=O) groups is 1. The van der Waals surface area contributed by atoms with Gasteiger partial charge in [0.1, 0.15) is 0 Å². The molecule has 0 atom stereocenters. The van der Waals surface area contributed by atoms with Crippen LogP contribution in [0.5, 0.6) is 0 Å². The van der Waals surface area contributed by atoms with Crippen LogP contribution in [-0.4, -0.2) is 5.91 Å². The standard InChI is InChI=1S/C13H25NO.2ClH.Ti/c14-13(15)12-10-8-6-4-2-1-3-5-7-9-11-12;;;/h12H,1-11H2,(H2,14,15);2*1H;/q;;;+3/p-3. The average molecular weight is 329 g/mol. The Balaban J connectivity index is 2.38. The zero-order valence-electron chi connectivity index (χ0n) is 11.0. The van der Waals surface area contributed by atoms with Gasteiger partial charge in [-0.3, -0.25) is 0 Å². The van der Waals surface area contributed by atoms with E-state index in [9.17, 15) is 4.79 Å². The molecule has 5 heteroatoms. The summed E-state index contributed by atoms with van der Waals surface area (Å²) in [6.07, 6.45) is 13.6. The number of amides is 1. The molecule has 2 nitrogen and oxygen atoms in total. The van der Waals surface area contributed by atoms with E-state index in [0.717, 1.165) is 25.7 Å². The summed E-state index contributed by atoms with van der Waals surface area (Å²) in [4.78, 5) is 12.0. The molecule has 0 spiro atoms. The van der Waals surface area contributed by atoms with Crippen LogP contribution in [0.25, 0.3) is 0 Å². The fourth-order valence-corrected chi connectivity index (χ4v) is 4.00. The maximum atomic E-state index is 12.0. The van der Waals surface area contributed by atoms with Crippen LogP contribution in [0, 0.1) is 5.92 Å². The van der Waals surface area contributed by atoms with Crippen LogP contribution in [0.15, 0.2) is 0 Å². The van der Waals surface area contributed by atoms with E-state index in [4.69, 9.17) is 18.6 Å². The van der Waals surface area contributed by atoms with Gasteiger partial charge in [-0.05, 0) is 0 Å². The Bertz CT molecular complexity index is 227. The van der Waals surface area contributed by atoms with Gasteiger partial charge in [-0.2, -0.15) is 0 Å². The van der Waals surface area contributed by atoms with Crippen LogP contribution in [0.4, 0.5) is 0 Å². The maximum absolute atomic E-state index is 12.0. The minimum absolute atomic E-state index is 0.104. The van der Waals surface area contributed by atoms with Crippen molar-refractivity contribution in [2.75, 3.05) is 0 Å². The summed E-state index contributed by atoms with van der Waals surface area (Å²) >= 11 is -2.26. The molecule has 0 aromatic rings. The van der Waals surface area contributed by atoms with Gasteiger partial charge in [0.2, 0.25) is 0 Å². The number of hydrogen-bond donors (Lipinski definition) is 1. The third-order valence-electron chi connectivity index (χ3n) is 3.69. The van der Waals surface area contributed by atoms with Crippen molar-refractivity contribution in [2.45, 2.75) is 70.6 Å². The molecule has 18 heavy (non-hydrogen) atoms. The molecular formula is C13H24Cl2NOTi. The second kappa shape index (κ2) is 10.5. The predicted octanol–water partition coefficient (Wildman–Crippen LogP) is 4.86. The summed E-state index contributed by atoms with van der Waals surface area (Å²) in [6.45, 7) is 0. The van der Waals surface area contributed by atoms with Gasteiger partial charge >= 0.3 is 126 Å². The molecule has 0 unspecified atom stereocenters. The number of carbonyl (C=O) groups excluding carboxylic acids is 1. The van der Waals surface area contributed by atoms with E-state index in [1.807, 2.05) is 0 Å². The Kier molecular flexibility index (Phi) is 9.85. The Morgan fingerprint density at radius 2 is 1.22 bits per heavy atom. The molecule has 1 aliphatic rings. The first-order valence-electron chi connectivity index (χ1n) is 7.19. The van der Waals surface area contributed by atoms with Crippen molar-refractivity contribution >= 4 is 24.5 Å². The summed E-state index contributed by atoms with van der Waals surface area (Å²) in [7, 11) is 11.5. The average Bonchev–Trinajstić information content (AvgIpc) is 2.28. The Hall–Kier alpha value is 0.764. The molecule has 0 radical (unpaired) electrons. The molecule has 0 heterocycles. The zero-order chi connectivity index (χ0) is 13.2. The molecule has 0 bridgehead atoms. The molecule has 1 rings (SSSR count). The van der Waals surface area contributed by atoms with Gasteiger partial charge in [0.05, 0.1) is 0 Å². The number of nitrogens with one attached hydrogen (secondary N) is 1. The fourth-order valence-electron chi connectivity index (χ4n) is 2.62.